The SMILES string of the molecule is CC1(S(=O)(=O)O)OS(=O)(=O)OC1N. The fourth-order valence-corrected chi connectivity index (χ4v) is 2.65. The van der Waals surface area contributed by atoms with Crippen LogP contribution in [-0.4, -0.2) is 32.5 Å². The maximum absolute atomic E-state index is 10.7. The van der Waals surface area contributed by atoms with E-state index in [1.807, 2.05) is 0 Å². The van der Waals surface area contributed by atoms with Crippen molar-refractivity contribution in [3.05, 3.63) is 0 Å². The molecule has 8 nitrogen and oxygen atoms in total. The number of nitrogens with two attached hydrogens (primary N) is 1. The van der Waals surface area contributed by atoms with Crippen LogP contribution in [0, 0.1) is 0 Å². The van der Waals surface area contributed by atoms with Gasteiger partial charge >= 0.3 is 20.5 Å². The average Bonchev–Trinajstić information content (AvgIpc) is 2.00. The first-order chi connectivity index (χ1) is 5.58. The molecule has 0 aromatic rings. The third kappa shape index (κ3) is 1.68. The smallest absolute Gasteiger partial charge is 0.301 e. The topological polar surface area (TPSA) is 133 Å². The zero-order valence-corrected chi connectivity index (χ0v) is 8.00. The molecule has 1 heterocycles. The van der Waals surface area contributed by atoms with Crippen LogP contribution in [0.5, 0.6) is 0 Å². The Labute approximate surface area is 74.7 Å². The Kier molecular flexibility index (Phi) is 2.18. The maximum atomic E-state index is 10.7. The monoisotopic (exact) mass is 233 g/mol. The highest BCUT2D eigenvalue weighted by Crippen LogP contribution is 2.32. The third-order valence-corrected chi connectivity index (χ3v) is 3.96. The van der Waals surface area contributed by atoms with Crippen molar-refractivity contribution < 1.29 is 29.8 Å². The predicted octanol–water partition coefficient (Wildman–Crippen LogP) is -1.83. The highest BCUT2D eigenvalue weighted by Gasteiger charge is 2.57. The zero-order chi connectivity index (χ0) is 10.5. The van der Waals surface area contributed by atoms with E-state index in [0.29, 0.717) is 0 Å². The van der Waals surface area contributed by atoms with E-state index in [1.54, 1.807) is 0 Å². The van der Waals surface area contributed by atoms with Gasteiger partial charge in [0.2, 0.25) is 0 Å². The van der Waals surface area contributed by atoms with Crippen molar-refractivity contribution in [3.8, 4) is 0 Å². The average molecular weight is 233 g/mol. The summed E-state index contributed by atoms with van der Waals surface area (Å²) in [6.07, 6.45) is -1.78. The van der Waals surface area contributed by atoms with Crippen LogP contribution in [0.15, 0.2) is 0 Å². The molecular formula is C3H7NO7S2. The molecule has 1 fully saturated rings. The van der Waals surface area contributed by atoms with E-state index in [1.165, 1.54) is 0 Å². The minimum Gasteiger partial charge on any atom is -0.301 e. The quantitative estimate of drug-likeness (QED) is 0.505. The Morgan fingerprint density at radius 1 is 1.54 bits per heavy atom. The lowest BCUT2D eigenvalue weighted by Crippen LogP contribution is -2.48. The second-order valence-corrected chi connectivity index (χ2v) is 5.44. The van der Waals surface area contributed by atoms with Crippen LogP contribution in [0.4, 0.5) is 0 Å². The van der Waals surface area contributed by atoms with Crippen molar-refractivity contribution in [2.75, 3.05) is 0 Å². The number of rotatable bonds is 1. The second-order valence-electron chi connectivity index (χ2n) is 2.50. The van der Waals surface area contributed by atoms with Crippen molar-refractivity contribution >= 4 is 20.5 Å². The lowest BCUT2D eigenvalue weighted by atomic mass is 10.4. The van der Waals surface area contributed by atoms with Gasteiger partial charge in [0.05, 0.1) is 0 Å². The standard InChI is InChI=1S/C3H7NO7S2/c1-3(12(5,6)7)2(4)10-13(8,9)11-3/h2H,4H2,1H3,(H,5,6,7). The normalized spacial score (nSPS) is 39.2. The van der Waals surface area contributed by atoms with Gasteiger partial charge in [0.25, 0.3) is 4.93 Å². The van der Waals surface area contributed by atoms with Crippen molar-refractivity contribution in [3.63, 3.8) is 0 Å². The molecule has 3 N–H and O–H groups in total. The van der Waals surface area contributed by atoms with Crippen LogP contribution < -0.4 is 5.73 Å². The van der Waals surface area contributed by atoms with Gasteiger partial charge in [-0.25, -0.2) is 8.37 Å². The molecule has 0 aromatic carbocycles. The summed E-state index contributed by atoms with van der Waals surface area (Å²) >= 11 is 0. The molecule has 2 unspecified atom stereocenters. The van der Waals surface area contributed by atoms with Crippen molar-refractivity contribution in [2.45, 2.75) is 18.1 Å². The minimum absolute atomic E-state index is 0.789. The molecule has 0 aromatic heterocycles. The van der Waals surface area contributed by atoms with E-state index < -0.39 is 31.7 Å². The zero-order valence-electron chi connectivity index (χ0n) is 6.37. The van der Waals surface area contributed by atoms with Crippen molar-refractivity contribution in [1.29, 1.82) is 0 Å². The summed E-state index contributed by atoms with van der Waals surface area (Å²) in [5.74, 6) is 0. The fraction of sp³-hybridized carbons (Fsp3) is 1.00. The second kappa shape index (κ2) is 2.62. The van der Waals surface area contributed by atoms with Crippen molar-refractivity contribution in [1.82, 2.24) is 0 Å². The lowest BCUT2D eigenvalue weighted by molar-refractivity contribution is 0.125. The molecule has 0 bridgehead atoms. The molecule has 1 aliphatic rings. The van der Waals surface area contributed by atoms with Gasteiger partial charge in [-0.05, 0) is 6.92 Å². The first-order valence-electron chi connectivity index (χ1n) is 2.95. The Hall–Kier alpha value is -0.260. The maximum Gasteiger partial charge on any atom is 0.403 e. The van der Waals surface area contributed by atoms with Crippen LogP contribution in [0.1, 0.15) is 6.92 Å². The number of hydrogen-bond acceptors (Lipinski definition) is 7. The summed E-state index contributed by atoms with van der Waals surface area (Å²) in [4.78, 5) is -2.48. The van der Waals surface area contributed by atoms with Crippen LogP contribution in [0.2, 0.25) is 0 Å². The summed E-state index contributed by atoms with van der Waals surface area (Å²) in [6.45, 7) is 0.789. The Balaban J connectivity index is 3.24. The van der Waals surface area contributed by atoms with E-state index >= 15 is 0 Å². The van der Waals surface area contributed by atoms with E-state index in [4.69, 9.17) is 10.3 Å². The lowest BCUT2D eigenvalue weighted by Gasteiger charge is -2.18. The van der Waals surface area contributed by atoms with Gasteiger partial charge in [0, 0.05) is 0 Å². The molecule has 13 heavy (non-hydrogen) atoms. The summed E-state index contributed by atoms with van der Waals surface area (Å²) in [6, 6.07) is 0. The minimum atomic E-state index is -4.77. The first kappa shape index (κ1) is 10.8. The van der Waals surface area contributed by atoms with Crippen LogP contribution in [-0.2, 0) is 28.9 Å². The molecule has 0 aliphatic carbocycles. The summed E-state index contributed by atoms with van der Waals surface area (Å²) < 4.78 is 59.1. The molecular weight excluding hydrogens is 226 g/mol. The van der Waals surface area contributed by atoms with Crippen LogP contribution in [0.25, 0.3) is 0 Å². The summed E-state index contributed by atoms with van der Waals surface area (Å²) in [5, 5.41) is 0. The fourth-order valence-electron chi connectivity index (χ4n) is 0.674. The highest BCUT2D eigenvalue weighted by atomic mass is 32.3. The molecule has 2 atom stereocenters. The molecule has 78 valence electrons. The molecule has 1 aliphatic heterocycles. The van der Waals surface area contributed by atoms with E-state index in [2.05, 4.69) is 8.37 Å². The summed E-state index contributed by atoms with van der Waals surface area (Å²) in [7, 11) is -9.22. The Morgan fingerprint density at radius 3 is 2.15 bits per heavy atom. The molecule has 10 heteroatoms. The molecule has 1 rings (SSSR count). The third-order valence-electron chi connectivity index (χ3n) is 1.52. The largest absolute Gasteiger partial charge is 0.403 e. The van der Waals surface area contributed by atoms with Crippen LogP contribution >= 0.6 is 0 Å². The predicted molar refractivity (Wildman–Crippen MR) is 39.0 cm³/mol. The molecule has 0 radical (unpaired) electrons. The number of hydrogen-bond donors (Lipinski definition) is 2. The molecule has 0 amide bonds. The van der Waals surface area contributed by atoms with Gasteiger partial charge in [0.1, 0.15) is 0 Å². The molecule has 0 spiro atoms. The van der Waals surface area contributed by atoms with Gasteiger partial charge in [-0.2, -0.15) is 16.8 Å². The van der Waals surface area contributed by atoms with E-state index in [0.717, 1.165) is 6.92 Å². The van der Waals surface area contributed by atoms with Gasteiger partial charge in [-0.3, -0.25) is 4.55 Å². The molecule has 1 saturated heterocycles. The first-order valence-corrected chi connectivity index (χ1v) is 5.72. The Morgan fingerprint density at radius 2 is 2.00 bits per heavy atom. The summed E-state index contributed by atoms with van der Waals surface area (Å²) in [5.41, 5.74) is 5.01. The van der Waals surface area contributed by atoms with Gasteiger partial charge < -0.3 is 5.73 Å². The van der Waals surface area contributed by atoms with E-state index in [9.17, 15) is 16.8 Å². The molecule has 0 saturated carbocycles. The highest BCUT2D eigenvalue weighted by molar-refractivity contribution is 7.89. The van der Waals surface area contributed by atoms with Gasteiger partial charge in [-0.1, -0.05) is 0 Å². The Bertz CT molecular complexity index is 409. The van der Waals surface area contributed by atoms with E-state index in [-0.39, 0.29) is 0 Å². The van der Waals surface area contributed by atoms with Gasteiger partial charge in [-0.15, -0.1) is 0 Å². The van der Waals surface area contributed by atoms with Crippen molar-refractivity contribution in [2.24, 2.45) is 5.73 Å². The van der Waals surface area contributed by atoms with Gasteiger partial charge in [0.15, 0.2) is 6.23 Å². The van der Waals surface area contributed by atoms with Crippen LogP contribution in [0.3, 0.4) is 0 Å².